The van der Waals surface area contributed by atoms with E-state index in [0.717, 1.165) is 0 Å². The van der Waals surface area contributed by atoms with Crippen molar-refractivity contribution in [1.29, 1.82) is 0 Å². The summed E-state index contributed by atoms with van der Waals surface area (Å²) < 4.78 is 5.00. The molecular weight excluding hydrogens is 1270 g/mol. The van der Waals surface area contributed by atoms with Gasteiger partial charge in [0.1, 0.15) is 0 Å². The quantitative estimate of drug-likeness (QED) is 0.163. The average Bonchev–Trinajstić information content (AvgIpc) is 1.24. The predicted molar refractivity (Wildman–Crippen MR) is 445 cm³/mol. The van der Waals surface area contributed by atoms with Crippen LogP contribution in [0.2, 0.25) is 0 Å². The SMILES string of the molecule is CC(C)(C)c1cc(-c2ccccc2)c2c(c1)-c1ccc(cc1)C1(C)c3ccc(cc3)-c3cc(C(C)(C)C)cc(-c4ccccc4)c3N3c4cc(-c5cc6c7ccccc7n7c8ccccc8c(c5)c67)ccc4B4c5ccc(-c6cc7c8ccccc8n8c9ccccc9c(c6)c78)cc5N2c2cc1cc3c24. The minimum absolute atomic E-state index is 0.186. The van der Waals surface area contributed by atoms with Crippen LogP contribution in [0, 0.1) is 0 Å². The molecule has 0 atom stereocenters. The second-order valence-electron chi connectivity index (χ2n) is 32.5. The van der Waals surface area contributed by atoms with Crippen LogP contribution >= 0.6 is 0 Å². The van der Waals surface area contributed by atoms with Crippen LogP contribution in [0.1, 0.15) is 76.3 Å². The van der Waals surface area contributed by atoms with Crippen LogP contribution in [0.3, 0.4) is 0 Å². The average molecular weight is 1340 g/mol. The van der Waals surface area contributed by atoms with Crippen molar-refractivity contribution in [2.24, 2.45) is 0 Å². The molecule has 25 rings (SSSR count). The summed E-state index contributed by atoms with van der Waals surface area (Å²) in [6, 6.07) is 119. The van der Waals surface area contributed by atoms with Crippen molar-refractivity contribution >= 4 is 133 Å². The number of para-hydroxylation sites is 4. The van der Waals surface area contributed by atoms with Crippen molar-refractivity contribution in [3.63, 3.8) is 0 Å². The van der Waals surface area contributed by atoms with Crippen LogP contribution in [0.25, 0.3) is 143 Å². The summed E-state index contributed by atoms with van der Waals surface area (Å²) in [5.74, 6) is 0. The Hall–Kier alpha value is -12.4. The first kappa shape index (κ1) is 59.1. The number of benzene rings is 15. The molecule has 0 N–H and O–H groups in total. The van der Waals surface area contributed by atoms with E-state index in [1.807, 2.05) is 0 Å². The second kappa shape index (κ2) is 20.7. The number of aromatic nitrogens is 2. The summed E-state index contributed by atoms with van der Waals surface area (Å²) in [4.78, 5) is 5.54. The summed E-state index contributed by atoms with van der Waals surface area (Å²) >= 11 is 0. The Labute approximate surface area is 610 Å². The van der Waals surface area contributed by atoms with E-state index in [1.54, 1.807) is 0 Å². The number of anilines is 6. The third kappa shape index (κ3) is 7.97. The summed E-state index contributed by atoms with van der Waals surface area (Å²) in [6.45, 7) is 16.5. The van der Waals surface area contributed by atoms with Crippen LogP contribution in [0.5, 0.6) is 0 Å². The molecule has 15 aromatic carbocycles. The first-order valence-electron chi connectivity index (χ1n) is 37.3. The normalized spacial score (nSPS) is 14.1. The fourth-order valence-electron chi connectivity index (χ4n) is 19.6. The van der Waals surface area contributed by atoms with E-state index in [-0.39, 0.29) is 17.5 Å². The van der Waals surface area contributed by atoms with Crippen molar-refractivity contribution in [1.82, 2.24) is 8.80 Å². The maximum absolute atomic E-state index is 2.77. The van der Waals surface area contributed by atoms with Crippen molar-refractivity contribution in [3.8, 4) is 66.8 Å². The van der Waals surface area contributed by atoms with Crippen LogP contribution in [0.4, 0.5) is 34.1 Å². The lowest BCUT2D eigenvalue weighted by Gasteiger charge is -2.47. The number of hydrogen-bond donors (Lipinski definition) is 0. The molecule has 0 unspecified atom stereocenters. The van der Waals surface area contributed by atoms with Gasteiger partial charge in [-0.3, -0.25) is 0 Å². The first-order chi connectivity index (χ1) is 51.2. The Bertz CT molecular complexity index is 6400. The minimum atomic E-state index is -0.647. The van der Waals surface area contributed by atoms with Gasteiger partial charge in [0.2, 0.25) is 0 Å². The fraction of sp³-hybridized carbons (Fsp3) is 0.100. The number of fused-ring (bicyclic) bond motifs is 20. The lowest BCUT2D eigenvalue weighted by Crippen LogP contribution is -2.61. The third-order valence-electron chi connectivity index (χ3n) is 24.8. The monoisotopic (exact) mass is 1340 g/mol. The van der Waals surface area contributed by atoms with Crippen molar-refractivity contribution in [2.75, 3.05) is 9.80 Å². The lowest BCUT2D eigenvalue weighted by atomic mass is 9.33. The van der Waals surface area contributed by atoms with Gasteiger partial charge in [0, 0.05) is 93.5 Å². The Morgan fingerprint density at radius 1 is 0.267 bits per heavy atom. The van der Waals surface area contributed by atoms with Gasteiger partial charge in [-0.25, -0.2) is 0 Å². The van der Waals surface area contributed by atoms with Gasteiger partial charge in [0.15, 0.2) is 0 Å². The van der Waals surface area contributed by atoms with Gasteiger partial charge in [-0.2, -0.15) is 0 Å². The largest absolute Gasteiger partial charge is 0.310 e. The van der Waals surface area contributed by atoms with E-state index in [9.17, 15) is 0 Å². The summed E-state index contributed by atoms with van der Waals surface area (Å²) in [7, 11) is 0. The minimum Gasteiger partial charge on any atom is -0.310 e. The zero-order valence-corrected chi connectivity index (χ0v) is 59.7. The van der Waals surface area contributed by atoms with E-state index in [1.165, 1.54) is 221 Å². The van der Waals surface area contributed by atoms with Crippen LogP contribution in [-0.2, 0) is 16.2 Å². The molecule has 494 valence electrons. The van der Waals surface area contributed by atoms with Crippen molar-refractivity contribution in [2.45, 2.75) is 64.7 Å². The molecule has 7 bridgehead atoms. The Balaban J connectivity index is 0.895. The highest BCUT2D eigenvalue weighted by atomic mass is 15.2. The highest BCUT2D eigenvalue weighted by molar-refractivity contribution is 7.00. The molecule has 5 heteroatoms. The fourth-order valence-corrected chi connectivity index (χ4v) is 19.6. The second-order valence-corrected chi connectivity index (χ2v) is 32.5. The van der Waals surface area contributed by atoms with Crippen LogP contribution in [0.15, 0.2) is 303 Å². The number of hydrogen-bond acceptors (Lipinski definition) is 2. The zero-order chi connectivity index (χ0) is 69.8. The third-order valence-corrected chi connectivity index (χ3v) is 24.8. The van der Waals surface area contributed by atoms with Gasteiger partial charge in [-0.05, 0) is 204 Å². The van der Waals surface area contributed by atoms with Gasteiger partial charge in [-0.1, -0.05) is 248 Å². The molecule has 0 spiro atoms. The maximum atomic E-state index is 2.77. The number of nitrogens with zero attached hydrogens (tertiary/aromatic N) is 4. The Morgan fingerprint density at radius 2 is 0.581 bits per heavy atom. The summed E-state index contributed by atoms with van der Waals surface area (Å²) in [5.41, 5.74) is 37.9. The Morgan fingerprint density at radius 3 is 0.924 bits per heavy atom. The zero-order valence-electron chi connectivity index (χ0n) is 59.7. The smallest absolute Gasteiger partial charge is 0.252 e. The van der Waals surface area contributed by atoms with Crippen molar-refractivity contribution < 1.29 is 0 Å². The van der Waals surface area contributed by atoms with Gasteiger partial charge in [0.05, 0.1) is 44.5 Å². The molecule has 6 aliphatic rings. The predicted octanol–water partition coefficient (Wildman–Crippen LogP) is 24.6. The molecular formula is C100H71BN4. The van der Waals surface area contributed by atoms with E-state index in [4.69, 9.17) is 0 Å². The molecule has 0 aliphatic carbocycles. The molecule has 0 radical (unpaired) electrons. The molecule has 4 nitrogen and oxygen atoms in total. The van der Waals surface area contributed by atoms with Crippen LogP contribution < -0.4 is 26.2 Å². The first-order valence-corrected chi connectivity index (χ1v) is 37.3. The lowest BCUT2D eigenvalue weighted by molar-refractivity contribution is 0.590. The van der Waals surface area contributed by atoms with Crippen LogP contribution in [-0.4, -0.2) is 15.5 Å². The highest BCUT2D eigenvalue weighted by Gasteiger charge is 2.48. The Kier molecular flexibility index (Phi) is 11.6. The standard InChI is InChI=1S/C100H71BN4/c1-98(2,3)68-52-75(58-22-10-8-11-23-58)94-77(54-68)60-34-40-66(41-35-60)100(7)67-42-36-61(37-43-67)78-55-69(99(4,5)6)53-76(59-24-12-9-13-25-59)95(78)105-90-51-63(65-48-81-73-28-16-20-32-87(73)103-88-33-21-17-29-74(88)82(49-65)97(81)103)39-45-84(90)101-83-44-38-62(50-89(83)104(94)91-56-70(100)57-92(105)93(91)101)64-46-79-71-26-14-18-30-85(71)102-86-31-19-15-27-72(86)80(47-64)96(79)102/h8-57H,1-7H3. The molecule has 6 aliphatic heterocycles. The van der Waals surface area contributed by atoms with Gasteiger partial charge in [-0.15, -0.1) is 0 Å². The van der Waals surface area contributed by atoms with Gasteiger partial charge >= 0.3 is 0 Å². The molecule has 0 amide bonds. The summed E-state index contributed by atoms with van der Waals surface area (Å²) in [5, 5.41) is 10.1. The van der Waals surface area contributed by atoms with E-state index >= 15 is 0 Å². The molecule has 105 heavy (non-hydrogen) atoms. The van der Waals surface area contributed by atoms with E-state index < -0.39 is 5.41 Å². The van der Waals surface area contributed by atoms with Crippen molar-refractivity contribution in [3.05, 3.63) is 331 Å². The molecule has 0 saturated carbocycles. The topological polar surface area (TPSA) is 15.3 Å². The molecule has 19 aromatic rings. The van der Waals surface area contributed by atoms with Gasteiger partial charge < -0.3 is 18.6 Å². The molecule has 0 fully saturated rings. The van der Waals surface area contributed by atoms with E-state index in [2.05, 4.69) is 370 Å². The highest BCUT2D eigenvalue weighted by Crippen LogP contribution is 2.58. The molecule has 4 aromatic heterocycles. The number of rotatable bonds is 4. The van der Waals surface area contributed by atoms with Gasteiger partial charge in [0.25, 0.3) is 6.71 Å². The maximum Gasteiger partial charge on any atom is 0.252 e. The van der Waals surface area contributed by atoms with E-state index in [0.29, 0.717) is 0 Å². The molecule has 0 saturated heterocycles. The summed E-state index contributed by atoms with van der Waals surface area (Å²) in [6.07, 6.45) is 0. The molecule has 10 heterocycles.